The number of halogens is 2. The first kappa shape index (κ1) is 19.8. The molecule has 0 fully saturated rings. The van der Waals surface area contributed by atoms with E-state index in [1.54, 1.807) is 48.5 Å². The first-order valence-electron chi connectivity index (χ1n) is 7.54. The van der Waals surface area contributed by atoms with Crippen molar-refractivity contribution in [2.24, 2.45) is 5.16 Å². The Labute approximate surface area is 160 Å². The second-order valence-corrected chi connectivity index (χ2v) is 5.93. The summed E-state index contributed by atoms with van der Waals surface area (Å²) in [5, 5.41) is 7.08. The third-order valence-electron chi connectivity index (χ3n) is 3.28. The number of esters is 1. The number of nitrogens with zero attached hydrogens (tertiary/aromatic N) is 1. The van der Waals surface area contributed by atoms with Crippen LogP contribution < -0.4 is 5.32 Å². The van der Waals surface area contributed by atoms with E-state index in [1.165, 1.54) is 7.11 Å². The molecule has 2 rings (SSSR count). The number of hydrogen-bond acceptors (Lipinski definition) is 5. The predicted molar refractivity (Wildman–Crippen MR) is 99.5 cm³/mol. The number of carbonyl (C=O) groups is 2. The molecule has 0 radical (unpaired) electrons. The fourth-order valence-corrected chi connectivity index (χ4v) is 2.26. The van der Waals surface area contributed by atoms with Crippen LogP contribution in [0.25, 0.3) is 0 Å². The fraction of sp³-hybridized carbons (Fsp3) is 0.167. The van der Waals surface area contributed by atoms with Gasteiger partial charge in [0.15, 0.2) is 6.04 Å². The van der Waals surface area contributed by atoms with Crippen LogP contribution in [-0.2, 0) is 21.0 Å². The first-order valence-corrected chi connectivity index (χ1v) is 8.30. The molecule has 0 aliphatic heterocycles. The van der Waals surface area contributed by atoms with Crippen molar-refractivity contribution in [3.8, 4) is 0 Å². The van der Waals surface area contributed by atoms with E-state index >= 15 is 0 Å². The lowest BCUT2D eigenvalue weighted by molar-refractivity contribution is -0.140. The van der Waals surface area contributed by atoms with Gasteiger partial charge in [-0.05, 0) is 29.8 Å². The summed E-state index contributed by atoms with van der Waals surface area (Å²) in [5.41, 5.74) is 1.16. The van der Waals surface area contributed by atoms with Crippen LogP contribution in [0.5, 0.6) is 0 Å². The highest BCUT2D eigenvalue weighted by Gasteiger charge is 2.20. The van der Waals surface area contributed by atoms with E-state index in [9.17, 15) is 9.59 Å². The van der Waals surface area contributed by atoms with Crippen LogP contribution in [0.4, 0.5) is 0 Å². The minimum absolute atomic E-state index is 0.119. The number of carbonyl (C=O) groups excluding carboxylic acids is 2. The lowest BCUT2D eigenvalue weighted by Crippen LogP contribution is -2.42. The molecule has 6 nitrogen and oxygen atoms in total. The van der Waals surface area contributed by atoms with E-state index < -0.39 is 17.9 Å². The fourth-order valence-electron chi connectivity index (χ4n) is 1.94. The zero-order valence-electron chi connectivity index (χ0n) is 13.8. The van der Waals surface area contributed by atoms with Crippen LogP contribution in [0, 0.1) is 0 Å². The molecule has 0 aliphatic rings. The lowest BCUT2D eigenvalue weighted by Gasteiger charge is -2.12. The number of nitrogens with one attached hydrogen (secondary N) is 1. The van der Waals surface area contributed by atoms with E-state index in [1.807, 2.05) is 0 Å². The molecule has 0 aromatic heterocycles. The molecule has 0 bridgehead atoms. The second-order valence-electron chi connectivity index (χ2n) is 5.12. The number of oxime groups is 1. The molecule has 1 unspecified atom stereocenters. The molecule has 0 aliphatic carbocycles. The summed E-state index contributed by atoms with van der Waals surface area (Å²) in [6.45, 7) is 0.119. The van der Waals surface area contributed by atoms with Gasteiger partial charge in [-0.1, -0.05) is 52.6 Å². The van der Waals surface area contributed by atoms with Crippen molar-refractivity contribution in [1.82, 2.24) is 5.32 Å². The maximum Gasteiger partial charge on any atom is 0.334 e. The molecule has 0 heterocycles. The number of amides is 1. The average Bonchev–Trinajstić information content (AvgIpc) is 2.66. The highest BCUT2D eigenvalue weighted by molar-refractivity contribution is 6.42. The van der Waals surface area contributed by atoms with Gasteiger partial charge in [0.25, 0.3) is 5.91 Å². The minimum Gasteiger partial charge on any atom is -0.467 e. The highest BCUT2D eigenvalue weighted by atomic mass is 35.5. The van der Waals surface area contributed by atoms with E-state index in [-0.39, 0.29) is 6.61 Å². The monoisotopic (exact) mass is 394 g/mol. The molecule has 2 aromatic rings. The van der Waals surface area contributed by atoms with Gasteiger partial charge in [0.05, 0.1) is 23.4 Å². The summed E-state index contributed by atoms with van der Waals surface area (Å²) in [7, 11) is 1.22. The summed E-state index contributed by atoms with van der Waals surface area (Å²) < 4.78 is 4.66. The van der Waals surface area contributed by atoms with Crippen LogP contribution >= 0.6 is 23.2 Å². The van der Waals surface area contributed by atoms with Crippen molar-refractivity contribution in [2.45, 2.75) is 12.6 Å². The molecular formula is C18H16Cl2N2O4. The summed E-state index contributed by atoms with van der Waals surface area (Å²) in [6.07, 6.45) is 1.16. The van der Waals surface area contributed by atoms with E-state index in [4.69, 9.17) is 28.0 Å². The summed E-state index contributed by atoms with van der Waals surface area (Å²) in [4.78, 5) is 29.1. The Bertz CT molecular complexity index is 797. The molecular weight excluding hydrogens is 379 g/mol. The van der Waals surface area contributed by atoms with Gasteiger partial charge in [-0.15, -0.1) is 0 Å². The van der Waals surface area contributed by atoms with Gasteiger partial charge in [0, 0.05) is 5.56 Å². The van der Waals surface area contributed by atoms with Crippen LogP contribution in [0.1, 0.15) is 15.9 Å². The van der Waals surface area contributed by atoms with Gasteiger partial charge < -0.3 is 14.9 Å². The lowest BCUT2D eigenvalue weighted by atomic mass is 10.2. The number of hydrogen-bond donors (Lipinski definition) is 1. The molecule has 26 heavy (non-hydrogen) atoms. The van der Waals surface area contributed by atoms with Crippen LogP contribution in [0.2, 0.25) is 10.0 Å². The molecule has 1 N–H and O–H groups in total. The average molecular weight is 395 g/mol. The van der Waals surface area contributed by atoms with Crippen LogP contribution in [0.3, 0.4) is 0 Å². The molecule has 0 spiro atoms. The molecule has 0 saturated carbocycles. The Morgan fingerprint density at radius 1 is 1.15 bits per heavy atom. The Morgan fingerprint density at radius 2 is 1.88 bits per heavy atom. The van der Waals surface area contributed by atoms with Crippen LogP contribution in [-0.4, -0.2) is 31.2 Å². The van der Waals surface area contributed by atoms with Gasteiger partial charge in [-0.25, -0.2) is 4.79 Å². The highest BCUT2D eigenvalue weighted by Crippen LogP contribution is 2.22. The summed E-state index contributed by atoms with van der Waals surface area (Å²) >= 11 is 11.8. The van der Waals surface area contributed by atoms with Crippen molar-refractivity contribution in [3.63, 3.8) is 0 Å². The van der Waals surface area contributed by atoms with Crippen molar-refractivity contribution in [1.29, 1.82) is 0 Å². The molecule has 1 atom stereocenters. The van der Waals surface area contributed by atoms with Gasteiger partial charge in [0.1, 0.15) is 6.61 Å². The minimum atomic E-state index is -1.08. The smallest absolute Gasteiger partial charge is 0.334 e. The van der Waals surface area contributed by atoms with Crippen molar-refractivity contribution in [2.75, 3.05) is 7.11 Å². The van der Waals surface area contributed by atoms with Crippen molar-refractivity contribution in [3.05, 3.63) is 69.7 Å². The molecule has 1 amide bonds. The van der Waals surface area contributed by atoms with Crippen molar-refractivity contribution >= 4 is 41.3 Å². The Kier molecular flexibility index (Phi) is 7.44. The third kappa shape index (κ3) is 5.75. The van der Waals surface area contributed by atoms with Gasteiger partial charge in [-0.3, -0.25) is 4.79 Å². The second kappa shape index (κ2) is 9.79. The van der Waals surface area contributed by atoms with E-state index in [0.717, 1.165) is 11.8 Å². The number of rotatable bonds is 7. The van der Waals surface area contributed by atoms with Crippen LogP contribution in [0.15, 0.2) is 53.7 Å². The van der Waals surface area contributed by atoms with Gasteiger partial charge in [0.2, 0.25) is 0 Å². The topological polar surface area (TPSA) is 77.0 Å². The summed E-state index contributed by atoms with van der Waals surface area (Å²) in [5.74, 6) is -1.10. The zero-order valence-corrected chi connectivity index (χ0v) is 15.3. The third-order valence-corrected chi connectivity index (χ3v) is 4.02. The Balaban J connectivity index is 1.96. The van der Waals surface area contributed by atoms with Crippen molar-refractivity contribution < 1.29 is 19.2 Å². The van der Waals surface area contributed by atoms with Gasteiger partial charge >= 0.3 is 5.97 Å². The van der Waals surface area contributed by atoms with E-state index in [0.29, 0.717) is 15.6 Å². The maximum atomic E-state index is 12.2. The normalized spacial score (nSPS) is 11.8. The first-order chi connectivity index (χ1) is 12.5. The molecule has 8 heteroatoms. The SMILES string of the molecule is COC(=O)C(/C=N/OCc1ccc(Cl)c(Cl)c1)NC(=O)c1ccccc1. The molecule has 0 saturated heterocycles. The van der Waals surface area contributed by atoms with E-state index in [2.05, 4.69) is 15.2 Å². The number of benzene rings is 2. The predicted octanol–water partition coefficient (Wildman–Crippen LogP) is 3.47. The molecule has 2 aromatic carbocycles. The zero-order chi connectivity index (χ0) is 18.9. The molecule has 136 valence electrons. The Hall–Kier alpha value is -2.57. The number of methoxy groups -OCH3 is 1. The quantitative estimate of drug-likeness (QED) is 0.443. The standard InChI is InChI=1S/C18H16Cl2N2O4/c1-25-18(24)16(22-17(23)13-5-3-2-4-6-13)10-21-26-11-12-7-8-14(19)15(20)9-12/h2-10,16H,11H2,1H3,(H,22,23)/b21-10+. The summed E-state index contributed by atoms with van der Waals surface area (Å²) in [6, 6.07) is 12.4. The maximum absolute atomic E-state index is 12.2. The number of ether oxygens (including phenoxy) is 1. The Morgan fingerprint density at radius 3 is 2.54 bits per heavy atom. The largest absolute Gasteiger partial charge is 0.467 e. The van der Waals surface area contributed by atoms with Gasteiger partial charge in [-0.2, -0.15) is 0 Å².